The fourth-order valence-electron chi connectivity index (χ4n) is 4.29. The summed E-state index contributed by atoms with van der Waals surface area (Å²) in [5, 5.41) is 8.37. The number of carbonyl (C=O) groups is 1. The molecule has 3 heterocycles. The highest BCUT2D eigenvalue weighted by Gasteiger charge is 2.40. The van der Waals surface area contributed by atoms with Gasteiger partial charge in [0.05, 0.1) is 4.90 Å². The van der Waals surface area contributed by atoms with Crippen molar-refractivity contribution < 1.29 is 13.2 Å². The van der Waals surface area contributed by atoms with Crippen molar-refractivity contribution in [2.24, 2.45) is 11.1 Å². The molecule has 2 bridgehead atoms. The van der Waals surface area contributed by atoms with Gasteiger partial charge in [-0.3, -0.25) is 9.69 Å². The molecule has 3 aliphatic rings. The lowest BCUT2D eigenvalue weighted by Gasteiger charge is -2.49. The molecule has 0 radical (unpaired) electrons. The molecule has 0 saturated carbocycles. The highest BCUT2D eigenvalue weighted by atomic mass is 32.2. The van der Waals surface area contributed by atoms with E-state index in [0.717, 1.165) is 35.7 Å². The maximum absolute atomic E-state index is 12.7. The highest BCUT2D eigenvalue weighted by molar-refractivity contribution is 7.99. The molecule has 2 aromatic rings. The van der Waals surface area contributed by atoms with Gasteiger partial charge in [0, 0.05) is 27.4 Å². The van der Waals surface area contributed by atoms with E-state index in [4.69, 9.17) is 5.14 Å². The number of primary sulfonamides is 1. The molecule has 3 N–H and O–H groups in total. The number of hydrogen-bond acceptors (Lipinski definition) is 5. The molecule has 2 atom stereocenters. The van der Waals surface area contributed by atoms with Crippen LogP contribution in [0.2, 0.25) is 0 Å². The second-order valence-corrected chi connectivity index (χ2v) is 10.5. The number of rotatable bonds is 5. The smallest absolute Gasteiger partial charge is 0.251 e. The Hall–Kier alpha value is -1.87. The molecule has 3 saturated heterocycles. The summed E-state index contributed by atoms with van der Waals surface area (Å²) in [4.78, 5) is 17.2. The Labute approximate surface area is 175 Å². The molecule has 0 spiro atoms. The van der Waals surface area contributed by atoms with Gasteiger partial charge in [-0.25, -0.2) is 13.6 Å². The second kappa shape index (κ2) is 8.10. The van der Waals surface area contributed by atoms with Crippen LogP contribution in [0.15, 0.2) is 63.2 Å². The van der Waals surface area contributed by atoms with Gasteiger partial charge in [-0.15, -0.1) is 0 Å². The first-order valence-electron chi connectivity index (χ1n) is 9.77. The van der Waals surface area contributed by atoms with Gasteiger partial charge < -0.3 is 5.32 Å². The molecule has 5 rings (SSSR count). The number of nitrogens with zero attached hydrogens (tertiary/aromatic N) is 1. The molecule has 29 heavy (non-hydrogen) atoms. The Bertz CT molecular complexity index is 981. The zero-order valence-corrected chi connectivity index (χ0v) is 17.9. The van der Waals surface area contributed by atoms with Crippen molar-refractivity contribution in [3.05, 3.63) is 54.1 Å². The lowest BCUT2D eigenvalue weighted by Crippen LogP contribution is -2.62. The standard InChI is InChI=1S/C21H25N3O3S2/c1-14-20(15-10-12-24(14)13-11-15)23-21(25)16-2-4-17(5-3-16)28-18-6-8-19(9-7-18)29(22,26)27/h2-9,14-15,20H,10-13H2,1H3,(H,23,25)(H2,22,26,27)/t14-,20-/m0/s1. The van der Waals surface area contributed by atoms with E-state index in [2.05, 4.69) is 17.1 Å². The minimum absolute atomic E-state index is 0.0235. The lowest BCUT2D eigenvalue weighted by molar-refractivity contribution is 0.0217. The number of benzene rings is 2. The normalized spacial score (nSPS) is 26.3. The fraction of sp³-hybridized carbons (Fsp3) is 0.381. The highest BCUT2D eigenvalue weighted by Crippen LogP contribution is 2.32. The zero-order chi connectivity index (χ0) is 20.6. The summed E-state index contributed by atoms with van der Waals surface area (Å²) >= 11 is 1.50. The van der Waals surface area contributed by atoms with Crippen LogP contribution in [0.3, 0.4) is 0 Å². The molecule has 154 valence electrons. The first-order valence-corrected chi connectivity index (χ1v) is 12.1. The first kappa shape index (κ1) is 20.4. The minimum Gasteiger partial charge on any atom is -0.347 e. The van der Waals surface area contributed by atoms with E-state index in [9.17, 15) is 13.2 Å². The summed E-state index contributed by atoms with van der Waals surface area (Å²) in [5.41, 5.74) is 0.655. The van der Waals surface area contributed by atoms with E-state index >= 15 is 0 Å². The average Bonchev–Trinajstić information content (AvgIpc) is 2.71. The first-order chi connectivity index (χ1) is 13.8. The summed E-state index contributed by atoms with van der Waals surface area (Å²) in [6, 6.07) is 14.5. The number of nitrogens with two attached hydrogens (primary N) is 1. The average molecular weight is 432 g/mol. The summed E-state index contributed by atoms with van der Waals surface area (Å²) < 4.78 is 22.7. The Morgan fingerprint density at radius 2 is 1.59 bits per heavy atom. The van der Waals surface area contributed by atoms with Gasteiger partial charge in [-0.1, -0.05) is 11.8 Å². The molecule has 8 heteroatoms. The van der Waals surface area contributed by atoms with Crippen LogP contribution in [0, 0.1) is 5.92 Å². The quantitative estimate of drug-likeness (QED) is 0.759. The molecule has 0 aromatic heterocycles. The molecule has 3 fully saturated rings. The van der Waals surface area contributed by atoms with Crippen LogP contribution in [0.4, 0.5) is 0 Å². The summed E-state index contributed by atoms with van der Waals surface area (Å²) in [7, 11) is -3.68. The van der Waals surface area contributed by atoms with Gasteiger partial charge >= 0.3 is 0 Å². The van der Waals surface area contributed by atoms with Crippen LogP contribution < -0.4 is 10.5 Å². The van der Waals surface area contributed by atoms with Crippen molar-refractivity contribution >= 4 is 27.7 Å². The van der Waals surface area contributed by atoms with Crippen LogP contribution in [0.1, 0.15) is 30.1 Å². The third-order valence-electron chi connectivity index (χ3n) is 5.98. The maximum atomic E-state index is 12.7. The number of sulfonamides is 1. The van der Waals surface area contributed by atoms with Gasteiger partial charge in [0.25, 0.3) is 5.91 Å². The van der Waals surface area contributed by atoms with Gasteiger partial charge in [0.1, 0.15) is 0 Å². The number of nitrogens with one attached hydrogen (secondary N) is 1. The number of piperidine rings is 3. The zero-order valence-electron chi connectivity index (χ0n) is 16.2. The van der Waals surface area contributed by atoms with Crippen molar-refractivity contribution in [1.29, 1.82) is 0 Å². The van der Waals surface area contributed by atoms with E-state index in [1.807, 2.05) is 24.3 Å². The van der Waals surface area contributed by atoms with E-state index in [0.29, 0.717) is 17.5 Å². The van der Waals surface area contributed by atoms with Crippen molar-refractivity contribution in [3.8, 4) is 0 Å². The predicted octanol–water partition coefficient (Wildman–Crippen LogP) is 2.70. The van der Waals surface area contributed by atoms with Gasteiger partial charge in [-0.05, 0) is 87.3 Å². The Balaban J connectivity index is 1.39. The van der Waals surface area contributed by atoms with Crippen LogP contribution in [-0.4, -0.2) is 44.4 Å². The third kappa shape index (κ3) is 4.50. The molecule has 2 aromatic carbocycles. The van der Waals surface area contributed by atoms with E-state index < -0.39 is 10.0 Å². The van der Waals surface area contributed by atoms with E-state index in [-0.39, 0.29) is 16.8 Å². The molecule has 3 aliphatic heterocycles. The second-order valence-electron chi connectivity index (χ2n) is 7.76. The molecular weight excluding hydrogens is 406 g/mol. The number of carbonyl (C=O) groups excluding carboxylic acids is 1. The minimum atomic E-state index is -3.68. The Morgan fingerprint density at radius 1 is 1.03 bits per heavy atom. The third-order valence-corrected chi connectivity index (χ3v) is 7.92. The van der Waals surface area contributed by atoms with Crippen LogP contribution in [0.5, 0.6) is 0 Å². The topological polar surface area (TPSA) is 92.5 Å². The Morgan fingerprint density at radius 3 is 2.10 bits per heavy atom. The van der Waals surface area contributed by atoms with Crippen LogP contribution in [-0.2, 0) is 10.0 Å². The largest absolute Gasteiger partial charge is 0.347 e. The van der Waals surface area contributed by atoms with Crippen molar-refractivity contribution in [3.63, 3.8) is 0 Å². The number of fused-ring (bicyclic) bond motifs is 3. The fourth-order valence-corrected chi connectivity index (χ4v) is 5.62. The number of amides is 1. The maximum Gasteiger partial charge on any atom is 0.251 e. The number of hydrogen-bond donors (Lipinski definition) is 2. The molecular formula is C21H25N3O3S2. The lowest BCUT2D eigenvalue weighted by atomic mass is 9.79. The summed E-state index contributed by atoms with van der Waals surface area (Å²) in [6.07, 6.45) is 2.32. The van der Waals surface area contributed by atoms with Crippen molar-refractivity contribution in [2.45, 2.75) is 46.5 Å². The van der Waals surface area contributed by atoms with Crippen molar-refractivity contribution in [1.82, 2.24) is 10.2 Å². The predicted molar refractivity (Wildman–Crippen MR) is 113 cm³/mol. The molecule has 1 amide bonds. The summed E-state index contributed by atoms with van der Waals surface area (Å²) in [6.45, 7) is 4.49. The van der Waals surface area contributed by atoms with E-state index in [1.165, 1.54) is 23.9 Å². The van der Waals surface area contributed by atoms with Crippen molar-refractivity contribution in [2.75, 3.05) is 13.1 Å². The molecule has 0 unspecified atom stereocenters. The van der Waals surface area contributed by atoms with Gasteiger partial charge in [-0.2, -0.15) is 0 Å². The van der Waals surface area contributed by atoms with E-state index in [1.54, 1.807) is 12.1 Å². The molecule has 0 aliphatic carbocycles. The van der Waals surface area contributed by atoms with Gasteiger partial charge in [0.2, 0.25) is 10.0 Å². The van der Waals surface area contributed by atoms with Crippen LogP contribution in [0.25, 0.3) is 0 Å². The summed E-state index contributed by atoms with van der Waals surface area (Å²) in [5.74, 6) is 0.554. The Kier molecular flexibility index (Phi) is 5.70. The monoisotopic (exact) mass is 431 g/mol. The van der Waals surface area contributed by atoms with Gasteiger partial charge in [0.15, 0.2) is 0 Å². The molecule has 6 nitrogen and oxygen atoms in total. The van der Waals surface area contributed by atoms with Crippen LogP contribution >= 0.6 is 11.8 Å². The SMILES string of the molecule is C[C@H]1[C@H](NC(=O)c2ccc(Sc3ccc(S(N)(=O)=O)cc3)cc2)C2CCN1CC2.